The van der Waals surface area contributed by atoms with Crippen molar-refractivity contribution in [3.63, 3.8) is 0 Å². The van der Waals surface area contributed by atoms with E-state index in [1.807, 2.05) is 60.7 Å². The van der Waals surface area contributed by atoms with Crippen molar-refractivity contribution in [3.05, 3.63) is 125 Å². The van der Waals surface area contributed by atoms with Crippen LogP contribution in [0.4, 0.5) is 0 Å². The SMILES string of the molecule is O=C1CC=C2C=CC=CC2C1=C=CC(c1ccccc1)c1ccccc1. The van der Waals surface area contributed by atoms with E-state index in [1.165, 1.54) is 16.7 Å². The van der Waals surface area contributed by atoms with E-state index in [4.69, 9.17) is 0 Å². The molecule has 26 heavy (non-hydrogen) atoms. The van der Waals surface area contributed by atoms with Crippen LogP contribution in [0.15, 0.2) is 114 Å². The average Bonchev–Trinajstić information content (AvgIpc) is 2.71. The molecule has 2 aliphatic carbocycles. The molecule has 1 unspecified atom stereocenters. The van der Waals surface area contributed by atoms with Gasteiger partial charge in [0, 0.05) is 23.8 Å². The maximum atomic E-state index is 12.5. The molecule has 1 nitrogen and oxygen atoms in total. The third kappa shape index (κ3) is 3.31. The minimum Gasteiger partial charge on any atom is -0.293 e. The molecule has 0 radical (unpaired) electrons. The smallest absolute Gasteiger partial charge is 0.171 e. The van der Waals surface area contributed by atoms with Gasteiger partial charge in [-0.2, -0.15) is 0 Å². The maximum absolute atomic E-state index is 12.5. The van der Waals surface area contributed by atoms with Crippen LogP contribution in [0.25, 0.3) is 0 Å². The van der Waals surface area contributed by atoms with Crippen molar-refractivity contribution in [1.29, 1.82) is 0 Å². The molecule has 0 fully saturated rings. The third-order valence-electron chi connectivity index (χ3n) is 4.92. The molecule has 0 amide bonds. The van der Waals surface area contributed by atoms with Crippen LogP contribution in [-0.4, -0.2) is 5.78 Å². The van der Waals surface area contributed by atoms with Crippen molar-refractivity contribution in [2.75, 3.05) is 0 Å². The van der Waals surface area contributed by atoms with Crippen molar-refractivity contribution in [2.45, 2.75) is 12.3 Å². The van der Waals surface area contributed by atoms with Crippen LogP contribution in [0.2, 0.25) is 0 Å². The van der Waals surface area contributed by atoms with Crippen LogP contribution in [-0.2, 0) is 4.79 Å². The molecule has 2 aromatic carbocycles. The van der Waals surface area contributed by atoms with Gasteiger partial charge >= 0.3 is 0 Å². The van der Waals surface area contributed by atoms with Crippen molar-refractivity contribution >= 4 is 5.78 Å². The average molecular weight is 336 g/mol. The van der Waals surface area contributed by atoms with Crippen molar-refractivity contribution in [3.8, 4) is 0 Å². The summed E-state index contributed by atoms with van der Waals surface area (Å²) in [6, 6.07) is 20.7. The summed E-state index contributed by atoms with van der Waals surface area (Å²) in [5, 5.41) is 0. The minimum absolute atomic E-state index is 0.0321. The second-order valence-electron chi connectivity index (χ2n) is 6.58. The van der Waals surface area contributed by atoms with E-state index in [0.717, 1.165) is 5.57 Å². The van der Waals surface area contributed by atoms with Crippen LogP contribution in [0.3, 0.4) is 0 Å². The quantitative estimate of drug-likeness (QED) is 0.531. The van der Waals surface area contributed by atoms with Crippen LogP contribution < -0.4 is 0 Å². The number of hydrogen-bond acceptors (Lipinski definition) is 1. The zero-order valence-electron chi connectivity index (χ0n) is 14.5. The molecule has 0 heterocycles. The van der Waals surface area contributed by atoms with E-state index < -0.39 is 0 Å². The minimum atomic E-state index is 0.0321. The van der Waals surface area contributed by atoms with Gasteiger partial charge in [0.15, 0.2) is 5.78 Å². The molecule has 0 aromatic heterocycles. The molecule has 0 saturated carbocycles. The van der Waals surface area contributed by atoms with Crippen LogP contribution in [0.5, 0.6) is 0 Å². The van der Waals surface area contributed by atoms with Gasteiger partial charge in [0.2, 0.25) is 0 Å². The van der Waals surface area contributed by atoms with Gasteiger partial charge in [-0.15, -0.1) is 5.73 Å². The standard InChI is InChI=1S/C25H20O/c26-25-18-15-21-13-7-8-14-23(21)24(25)17-16-22(19-9-3-1-4-10-19)20-11-5-2-6-12-20/h1-16,22-23H,18H2. The van der Waals surface area contributed by atoms with Crippen LogP contribution in [0.1, 0.15) is 23.5 Å². The number of benzene rings is 2. The van der Waals surface area contributed by atoms with Crippen LogP contribution >= 0.6 is 0 Å². The molecule has 0 bridgehead atoms. The number of allylic oxidation sites excluding steroid dienone is 7. The Balaban J connectivity index is 1.79. The number of hydrogen-bond donors (Lipinski definition) is 0. The summed E-state index contributed by atoms with van der Waals surface area (Å²) >= 11 is 0. The fourth-order valence-corrected chi connectivity index (χ4v) is 3.56. The zero-order chi connectivity index (χ0) is 17.8. The fourth-order valence-electron chi connectivity index (χ4n) is 3.56. The summed E-state index contributed by atoms with van der Waals surface area (Å²) in [6.45, 7) is 0. The summed E-state index contributed by atoms with van der Waals surface area (Å²) in [5.41, 5.74) is 7.74. The number of carbonyl (C=O) groups excluding carboxylic acids is 1. The Labute approximate surface area is 154 Å². The first-order valence-corrected chi connectivity index (χ1v) is 8.97. The number of rotatable bonds is 3. The Kier molecular flexibility index (Phi) is 4.64. The topological polar surface area (TPSA) is 17.1 Å². The molecule has 2 aliphatic rings. The lowest BCUT2D eigenvalue weighted by molar-refractivity contribution is -0.115. The van der Waals surface area contributed by atoms with Gasteiger partial charge in [-0.25, -0.2) is 0 Å². The normalized spacial score (nSPS) is 18.3. The van der Waals surface area contributed by atoms with Gasteiger partial charge in [-0.05, 0) is 22.8 Å². The van der Waals surface area contributed by atoms with Gasteiger partial charge in [0.05, 0.1) is 0 Å². The predicted octanol–water partition coefficient (Wildman–Crippen LogP) is 5.54. The highest BCUT2D eigenvalue weighted by molar-refractivity contribution is 5.99. The molecular weight excluding hydrogens is 316 g/mol. The van der Waals surface area contributed by atoms with Crippen molar-refractivity contribution < 1.29 is 4.79 Å². The van der Waals surface area contributed by atoms with Crippen molar-refractivity contribution in [2.24, 2.45) is 5.92 Å². The van der Waals surface area contributed by atoms with E-state index >= 15 is 0 Å². The van der Waals surface area contributed by atoms with E-state index in [2.05, 4.69) is 42.1 Å². The summed E-state index contributed by atoms with van der Waals surface area (Å²) in [6.07, 6.45) is 12.7. The molecule has 126 valence electrons. The first-order valence-electron chi connectivity index (χ1n) is 8.97. The molecule has 0 spiro atoms. The lowest BCUT2D eigenvalue weighted by atomic mass is 9.80. The zero-order valence-corrected chi connectivity index (χ0v) is 14.5. The second-order valence-corrected chi connectivity index (χ2v) is 6.58. The van der Waals surface area contributed by atoms with Gasteiger partial charge in [-0.3, -0.25) is 4.79 Å². The number of fused-ring (bicyclic) bond motifs is 1. The lowest BCUT2D eigenvalue weighted by Crippen LogP contribution is -2.18. The Morgan fingerprint density at radius 1 is 0.923 bits per heavy atom. The lowest BCUT2D eigenvalue weighted by Gasteiger charge is -2.22. The monoisotopic (exact) mass is 336 g/mol. The van der Waals surface area contributed by atoms with Gasteiger partial charge in [-0.1, -0.05) is 91.0 Å². The Morgan fingerprint density at radius 3 is 2.23 bits per heavy atom. The van der Waals surface area contributed by atoms with E-state index in [-0.39, 0.29) is 17.6 Å². The highest BCUT2D eigenvalue weighted by atomic mass is 16.1. The summed E-state index contributed by atoms with van der Waals surface area (Å²) in [5.74, 6) is 0.273. The third-order valence-corrected chi connectivity index (χ3v) is 4.92. The molecular formula is C25H20O. The van der Waals surface area contributed by atoms with E-state index in [1.54, 1.807) is 0 Å². The Morgan fingerprint density at radius 2 is 1.58 bits per heavy atom. The predicted molar refractivity (Wildman–Crippen MR) is 106 cm³/mol. The second kappa shape index (κ2) is 7.39. The van der Waals surface area contributed by atoms with Crippen LogP contribution in [0, 0.1) is 5.92 Å². The molecule has 0 saturated heterocycles. The first-order chi connectivity index (χ1) is 12.8. The fraction of sp³-hybridized carbons (Fsp3) is 0.120. The number of carbonyl (C=O) groups is 1. The number of ketones is 1. The molecule has 0 N–H and O–H groups in total. The molecule has 0 aliphatic heterocycles. The molecule has 1 atom stereocenters. The Bertz CT molecular complexity index is 912. The highest BCUT2D eigenvalue weighted by Gasteiger charge is 2.25. The van der Waals surface area contributed by atoms with Gasteiger partial charge in [0.1, 0.15) is 0 Å². The van der Waals surface area contributed by atoms with Gasteiger partial charge < -0.3 is 0 Å². The Hall–Kier alpha value is -3.15. The number of Topliss-reactive ketones (excluding diaryl/α,β-unsaturated/α-hetero) is 1. The summed E-state index contributed by atoms with van der Waals surface area (Å²) < 4.78 is 0. The van der Waals surface area contributed by atoms with Gasteiger partial charge in [0.25, 0.3) is 0 Å². The summed E-state index contributed by atoms with van der Waals surface area (Å²) in [7, 11) is 0. The first kappa shape index (κ1) is 16.3. The summed E-state index contributed by atoms with van der Waals surface area (Å²) in [4.78, 5) is 12.5. The van der Waals surface area contributed by atoms with E-state index in [0.29, 0.717) is 6.42 Å². The highest BCUT2D eigenvalue weighted by Crippen LogP contribution is 2.32. The molecule has 2 aromatic rings. The molecule has 1 heteroatoms. The largest absolute Gasteiger partial charge is 0.293 e. The van der Waals surface area contributed by atoms with Crippen molar-refractivity contribution in [1.82, 2.24) is 0 Å². The molecule has 4 rings (SSSR count). The maximum Gasteiger partial charge on any atom is 0.171 e. The van der Waals surface area contributed by atoms with E-state index in [9.17, 15) is 4.79 Å².